The topological polar surface area (TPSA) is 90.0 Å². The van der Waals surface area contributed by atoms with Crippen molar-refractivity contribution in [2.45, 2.75) is 19.9 Å². The molecule has 3 aromatic heterocycles. The molecule has 1 amide bonds. The number of rotatable bonds is 4. The molecular weight excluding hydrogens is 308 g/mol. The van der Waals surface area contributed by atoms with E-state index in [0.29, 0.717) is 17.3 Å². The number of aryl methyl sites for hydroxylation is 1. The third kappa shape index (κ3) is 3.24. The van der Waals surface area contributed by atoms with Gasteiger partial charge in [0.1, 0.15) is 17.6 Å². The van der Waals surface area contributed by atoms with Crippen LogP contribution in [0.2, 0.25) is 0 Å². The molecule has 3 rings (SSSR count). The van der Waals surface area contributed by atoms with E-state index in [-0.39, 0.29) is 11.5 Å². The summed E-state index contributed by atoms with van der Waals surface area (Å²) in [7, 11) is 0. The molecule has 0 aromatic carbocycles. The average molecular weight is 324 g/mol. The molecule has 1 N–H and O–H groups in total. The van der Waals surface area contributed by atoms with Crippen LogP contribution in [0.4, 0.5) is 5.82 Å². The zero-order chi connectivity index (χ0) is 17.1. The average Bonchev–Trinajstić information content (AvgIpc) is 3.09. The number of amides is 1. The Balaban J connectivity index is 1.86. The maximum Gasteiger partial charge on any atom is 0.267 e. The highest BCUT2D eigenvalue weighted by atomic mass is 16.3. The Morgan fingerprint density at radius 1 is 1.21 bits per heavy atom. The van der Waals surface area contributed by atoms with Crippen LogP contribution in [0, 0.1) is 6.92 Å². The van der Waals surface area contributed by atoms with E-state index in [0.717, 1.165) is 10.4 Å². The lowest BCUT2D eigenvalue weighted by molar-refractivity contribution is -0.119. The van der Waals surface area contributed by atoms with Crippen molar-refractivity contribution >= 4 is 11.7 Å². The molecule has 0 bridgehead atoms. The summed E-state index contributed by atoms with van der Waals surface area (Å²) < 4.78 is 6.40. The van der Waals surface area contributed by atoms with Crippen molar-refractivity contribution in [3.63, 3.8) is 0 Å². The number of hydrogen-bond acceptors (Lipinski definition) is 5. The number of carbonyl (C=O) groups is 1. The largest absolute Gasteiger partial charge is 0.463 e. The molecule has 24 heavy (non-hydrogen) atoms. The molecule has 0 saturated heterocycles. The molecule has 0 aliphatic carbocycles. The van der Waals surface area contributed by atoms with E-state index in [1.54, 1.807) is 37.3 Å². The molecule has 0 spiro atoms. The lowest BCUT2D eigenvalue weighted by Crippen LogP contribution is -2.33. The summed E-state index contributed by atoms with van der Waals surface area (Å²) >= 11 is 0. The van der Waals surface area contributed by atoms with Gasteiger partial charge in [-0.3, -0.25) is 9.59 Å². The number of nitrogens with zero attached hydrogens (tertiary/aromatic N) is 3. The van der Waals surface area contributed by atoms with Crippen LogP contribution in [0.25, 0.3) is 11.5 Å². The Kier molecular flexibility index (Phi) is 4.24. The van der Waals surface area contributed by atoms with E-state index >= 15 is 0 Å². The predicted molar refractivity (Wildman–Crippen MR) is 88.5 cm³/mol. The number of pyridine rings is 1. The number of furan rings is 1. The first-order valence-corrected chi connectivity index (χ1v) is 7.43. The summed E-state index contributed by atoms with van der Waals surface area (Å²) in [6.07, 6.45) is 1.52. The third-order valence-corrected chi connectivity index (χ3v) is 3.48. The Labute approximate surface area is 138 Å². The number of hydrogen-bond donors (Lipinski definition) is 1. The van der Waals surface area contributed by atoms with E-state index in [2.05, 4.69) is 15.4 Å². The minimum Gasteiger partial charge on any atom is -0.463 e. The number of anilines is 1. The fourth-order valence-electron chi connectivity index (χ4n) is 2.21. The van der Waals surface area contributed by atoms with Gasteiger partial charge in [-0.15, -0.1) is 0 Å². The molecule has 3 heterocycles. The zero-order valence-electron chi connectivity index (χ0n) is 13.3. The van der Waals surface area contributed by atoms with E-state index < -0.39 is 6.04 Å². The summed E-state index contributed by atoms with van der Waals surface area (Å²) in [5.41, 5.74) is 0.897. The molecule has 0 radical (unpaired) electrons. The molecule has 122 valence electrons. The van der Waals surface area contributed by atoms with E-state index in [9.17, 15) is 9.59 Å². The van der Waals surface area contributed by atoms with Gasteiger partial charge in [-0.05, 0) is 44.2 Å². The van der Waals surface area contributed by atoms with Gasteiger partial charge < -0.3 is 9.73 Å². The van der Waals surface area contributed by atoms with Crippen LogP contribution in [0.3, 0.4) is 0 Å². The van der Waals surface area contributed by atoms with Crippen molar-refractivity contribution in [3.8, 4) is 11.5 Å². The SMILES string of the molecule is Cc1cccc(NC(=O)C(C)n2nc(-c3ccco3)ccc2=O)n1. The van der Waals surface area contributed by atoms with Crippen LogP contribution in [-0.2, 0) is 4.79 Å². The number of aromatic nitrogens is 3. The van der Waals surface area contributed by atoms with Crippen molar-refractivity contribution < 1.29 is 9.21 Å². The maximum atomic E-state index is 12.4. The maximum absolute atomic E-state index is 12.4. The highest BCUT2D eigenvalue weighted by Crippen LogP contribution is 2.16. The molecule has 0 saturated carbocycles. The number of carbonyl (C=O) groups excluding carboxylic acids is 1. The van der Waals surface area contributed by atoms with Crippen molar-refractivity contribution in [2.75, 3.05) is 5.32 Å². The van der Waals surface area contributed by atoms with Crippen LogP contribution in [0.5, 0.6) is 0 Å². The van der Waals surface area contributed by atoms with Crippen LogP contribution in [0.1, 0.15) is 18.7 Å². The van der Waals surface area contributed by atoms with Crippen molar-refractivity contribution in [3.05, 3.63) is 64.8 Å². The normalized spacial score (nSPS) is 11.9. The smallest absolute Gasteiger partial charge is 0.267 e. The highest BCUT2D eigenvalue weighted by Gasteiger charge is 2.19. The van der Waals surface area contributed by atoms with E-state index in [1.807, 2.05) is 13.0 Å². The van der Waals surface area contributed by atoms with Crippen molar-refractivity contribution in [1.82, 2.24) is 14.8 Å². The fraction of sp³-hybridized carbons (Fsp3) is 0.176. The Morgan fingerprint density at radius 2 is 2.04 bits per heavy atom. The van der Waals surface area contributed by atoms with Gasteiger partial charge in [0, 0.05) is 11.8 Å². The molecule has 0 aliphatic heterocycles. The van der Waals surface area contributed by atoms with Gasteiger partial charge in [-0.1, -0.05) is 6.07 Å². The van der Waals surface area contributed by atoms with Gasteiger partial charge >= 0.3 is 0 Å². The molecule has 0 aliphatic rings. The summed E-state index contributed by atoms with van der Waals surface area (Å²) in [6, 6.07) is 10.9. The molecule has 1 atom stereocenters. The summed E-state index contributed by atoms with van der Waals surface area (Å²) in [5.74, 6) is 0.582. The second-order valence-electron chi connectivity index (χ2n) is 5.31. The summed E-state index contributed by atoms with van der Waals surface area (Å²) in [4.78, 5) is 28.7. The first kappa shape index (κ1) is 15.7. The molecule has 1 unspecified atom stereocenters. The summed E-state index contributed by atoms with van der Waals surface area (Å²) in [5, 5.41) is 6.91. The van der Waals surface area contributed by atoms with Crippen LogP contribution in [0.15, 0.2) is 57.9 Å². The standard InChI is InChI=1S/C17H16N4O3/c1-11-5-3-7-15(18-11)19-17(23)12(2)21-16(22)9-8-13(20-21)14-6-4-10-24-14/h3-10,12H,1-2H3,(H,18,19,23). The monoisotopic (exact) mass is 324 g/mol. The van der Waals surface area contributed by atoms with Gasteiger partial charge in [0.25, 0.3) is 5.56 Å². The van der Waals surface area contributed by atoms with Crippen molar-refractivity contribution in [2.24, 2.45) is 0 Å². The minimum absolute atomic E-state index is 0.370. The van der Waals surface area contributed by atoms with E-state index in [1.165, 1.54) is 12.3 Å². The van der Waals surface area contributed by atoms with Crippen LogP contribution in [-0.4, -0.2) is 20.7 Å². The first-order chi connectivity index (χ1) is 11.5. The minimum atomic E-state index is -0.797. The predicted octanol–water partition coefficient (Wildman–Crippen LogP) is 2.41. The van der Waals surface area contributed by atoms with Gasteiger partial charge in [-0.2, -0.15) is 5.10 Å². The molecule has 0 fully saturated rings. The first-order valence-electron chi connectivity index (χ1n) is 7.43. The molecule has 7 nitrogen and oxygen atoms in total. The zero-order valence-corrected chi connectivity index (χ0v) is 13.3. The van der Waals surface area contributed by atoms with Gasteiger partial charge in [0.15, 0.2) is 5.76 Å². The van der Waals surface area contributed by atoms with Crippen LogP contribution >= 0.6 is 0 Å². The second kappa shape index (κ2) is 6.49. The number of nitrogens with one attached hydrogen (secondary N) is 1. The Hall–Kier alpha value is -3.22. The van der Waals surface area contributed by atoms with Crippen molar-refractivity contribution in [1.29, 1.82) is 0 Å². The molecule has 3 aromatic rings. The Bertz CT molecular complexity index is 916. The fourth-order valence-corrected chi connectivity index (χ4v) is 2.21. The lowest BCUT2D eigenvalue weighted by Gasteiger charge is -2.14. The van der Waals surface area contributed by atoms with Gasteiger partial charge in [0.2, 0.25) is 5.91 Å². The van der Waals surface area contributed by atoms with E-state index in [4.69, 9.17) is 4.42 Å². The van der Waals surface area contributed by atoms with Gasteiger partial charge in [-0.25, -0.2) is 9.67 Å². The van der Waals surface area contributed by atoms with Crippen LogP contribution < -0.4 is 10.9 Å². The third-order valence-electron chi connectivity index (χ3n) is 3.48. The highest BCUT2D eigenvalue weighted by molar-refractivity contribution is 5.92. The molecular formula is C17H16N4O3. The summed E-state index contributed by atoms with van der Waals surface area (Å²) in [6.45, 7) is 3.43. The van der Waals surface area contributed by atoms with Gasteiger partial charge in [0.05, 0.1) is 6.26 Å². The Morgan fingerprint density at radius 3 is 2.75 bits per heavy atom. The molecule has 7 heteroatoms. The lowest BCUT2D eigenvalue weighted by atomic mass is 10.3. The second-order valence-corrected chi connectivity index (χ2v) is 5.31. The quantitative estimate of drug-likeness (QED) is 0.796.